The molecule has 2 N–H and O–H groups in total. The molecule has 0 radical (unpaired) electrons. The fourth-order valence-electron chi connectivity index (χ4n) is 3.37. The van der Waals surface area contributed by atoms with Crippen LogP contribution in [0.15, 0.2) is 60.7 Å². The maximum absolute atomic E-state index is 13.1. The maximum atomic E-state index is 13.1. The van der Waals surface area contributed by atoms with E-state index in [1.807, 2.05) is 6.92 Å². The van der Waals surface area contributed by atoms with E-state index in [1.165, 1.54) is 35.3 Å². The second-order valence-electron chi connectivity index (χ2n) is 7.74. The summed E-state index contributed by atoms with van der Waals surface area (Å²) >= 11 is 1.20. The van der Waals surface area contributed by atoms with Gasteiger partial charge in [-0.15, -0.1) is 24.5 Å². The van der Waals surface area contributed by atoms with Crippen LogP contribution in [0.2, 0.25) is 0 Å². The third-order valence-corrected chi connectivity index (χ3v) is 6.40. The van der Waals surface area contributed by atoms with Gasteiger partial charge in [-0.1, -0.05) is 25.1 Å². The van der Waals surface area contributed by atoms with Crippen molar-refractivity contribution >= 4 is 39.7 Å². The number of anilines is 2. The molecule has 0 saturated heterocycles. The number of ketones is 1. The molecule has 36 heavy (non-hydrogen) atoms. The van der Waals surface area contributed by atoms with Crippen LogP contribution in [0.3, 0.4) is 0 Å². The van der Waals surface area contributed by atoms with Gasteiger partial charge in [0, 0.05) is 16.1 Å². The average Bonchev–Trinajstić information content (AvgIpc) is 3.24. The molecule has 1 atom stereocenters. The fraction of sp³-hybridized carbons (Fsp3) is 0.240. The fourth-order valence-corrected chi connectivity index (χ4v) is 4.38. The first kappa shape index (κ1) is 26.7. The van der Waals surface area contributed by atoms with Crippen LogP contribution in [0.5, 0.6) is 5.75 Å². The van der Waals surface area contributed by atoms with Gasteiger partial charge in [0.1, 0.15) is 16.8 Å². The van der Waals surface area contributed by atoms with Crippen LogP contribution >= 0.6 is 11.3 Å². The zero-order valence-electron chi connectivity index (χ0n) is 19.3. The first-order valence-electron chi connectivity index (χ1n) is 10.9. The van der Waals surface area contributed by atoms with Crippen molar-refractivity contribution in [2.75, 3.05) is 16.8 Å². The minimum absolute atomic E-state index is 0.117. The van der Waals surface area contributed by atoms with Crippen LogP contribution in [0.1, 0.15) is 34.6 Å². The largest absolute Gasteiger partial charge is 0.573 e. The molecule has 0 fully saturated rings. The van der Waals surface area contributed by atoms with Crippen molar-refractivity contribution in [3.8, 4) is 5.75 Å². The van der Waals surface area contributed by atoms with Crippen molar-refractivity contribution in [3.05, 3.63) is 76.7 Å². The van der Waals surface area contributed by atoms with Gasteiger partial charge in [0.15, 0.2) is 5.78 Å². The summed E-state index contributed by atoms with van der Waals surface area (Å²) in [4.78, 5) is 39.9. The SMILES string of the molecule is CCc1cc(C(=O)c2ccc(OC(F)(F)F)cc2)c(NC(=O)CN(c2ccccc2)C(C)C(=O)O)s1. The number of halogens is 3. The van der Waals surface area contributed by atoms with Crippen LogP contribution in [0.4, 0.5) is 23.9 Å². The zero-order valence-corrected chi connectivity index (χ0v) is 20.2. The van der Waals surface area contributed by atoms with E-state index >= 15 is 0 Å². The van der Waals surface area contributed by atoms with E-state index < -0.39 is 35.8 Å². The van der Waals surface area contributed by atoms with Gasteiger partial charge in [-0.2, -0.15) is 0 Å². The topological polar surface area (TPSA) is 95.9 Å². The zero-order chi connectivity index (χ0) is 26.5. The van der Waals surface area contributed by atoms with Crippen LogP contribution in [0.25, 0.3) is 0 Å². The first-order chi connectivity index (χ1) is 17.0. The monoisotopic (exact) mass is 520 g/mol. The molecule has 0 aliphatic rings. The Morgan fingerprint density at radius 2 is 1.72 bits per heavy atom. The molecule has 2 aromatic carbocycles. The Bertz CT molecular complexity index is 1230. The quantitative estimate of drug-likeness (QED) is 0.350. The van der Waals surface area contributed by atoms with Crippen LogP contribution < -0.4 is 15.0 Å². The molecule has 0 aliphatic heterocycles. The number of thiophene rings is 1. The summed E-state index contributed by atoms with van der Waals surface area (Å²) in [6.07, 6.45) is -4.26. The Hall–Kier alpha value is -3.86. The lowest BCUT2D eigenvalue weighted by atomic mass is 10.0. The summed E-state index contributed by atoms with van der Waals surface area (Å²) in [5.41, 5.74) is 0.846. The highest BCUT2D eigenvalue weighted by atomic mass is 32.1. The number of aliphatic carboxylic acids is 1. The Morgan fingerprint density at radius 3 is 2.28 bits per heavy atom. The molecule has 1 aromatic heterocycles. The molecule has 1 amide bonds. The lowest BCUT2D eigenvalue weighted by Crippen LogP contribution is -2.43. The Balaban J connectivity index is 1.82. The van der Waals surface area contributed by atoms with Crippen LogP contribution in [0, 0.1) is 0 Å². The molecule has 3 rings (SSSR count). The van der Waals surface area contributed by atoms with Crippen LogP contribution in [-0.2, 0) is 16.0 Å². The number of carboxylic acid groups (broad SMARTS) is 1. The minimum atomic E-state index is -4.85. The molecule has 0 aliphatic carbocycles. The second-order valence-corrected chi connectivity index (χ2v) is 8.87. The molecule has 1 heterocycles. The lowest BCUT2D eigenvalue weighted by molar-refractivity contribution is -0.274. The van der Waals surface area contributed by atoms with Crippen molar-refractivity contribution in [1.29, 1.82) is 0 Å². The van der Waals surface area contributed by atoms with Gasteiger partial charge < -0.3 is 20.1 Å². The van der Waals surface area contributed by atoms with Crippen molar-refractivity contribution in [3.63, 3.8) is 0 Å². The number of amides is 1. The van der Waals surface area contributed by atoms with E-state index in [1.54, 1.807) is 36.4 Å². The molecule has 7 nitrogen and oxygen atoms in total. The minimum Gasteiger partial charge on any atom is -0.480 e. The van der Waals surface area contributed by atoms with Crippen molar-refractivity contribution in [2.24, 2.45) is 0 Å². The number of carbonyl (C=O) groups is 3. The molecule has 0 spiro atoms. The number of hydrogen-bond donors (Lipinski definition) is 2. The molecule has 190 valence electrons. The van der Waals surface area contributed by atoms with Gasteiger partial charge >= 0.3 is 12.3 Å². The summed E-state index contributed by atoms with van der Waals surface area (Å²) < 4.78 is 41.1. The smallest absolute Gasteiger partial charge is 0.480 e. The van der Waals surface area contributed by atoms with E-state index in [2.05, 4.69) is 10.1 Å². The molecular formula is C25H23F3N2O5S. The number of nitrogens with zero attached hydrogens (tertiary/aromatic N) is 1. The number of benzene rings is 2. The van der Waals surface area contributed by atoms with Gasteiger partial charge in [0.25, 0.3) is 0 Å². The van der Waals surface area contributed by atoms with Gasteiger partial charge in [-0.05, 0) is 55.8 Å². The predicted octanol–water partition coefficient (Wildman–Crippen LogP) is 5.36. The summed E-state index contributed by atoms with van der Waals surface area (Å²) in [5.74, 6) is -2.58. The second kappa shape index (κ2) is 11.3. The number of ether oxygens (including phenoxy) is 1. The van der Waals surface area contributed by atoms with Crippen LogP contribution in [-0.4, -0.2) is 41.7 Å². The number of nitrogens with one attached hydrogen (secondary N) is 1. The Labute approximate surface area is 209 Å². The maximum Gasteiger partial charge on any atom is 0.573 e. The molecule has 1 unspecified atom stereocenters. The van der Waals surface area contributed by atoms with E-state index in [4.69, 9.17) is 0 Å². The highest BCUT2D eigenvalue weighted by Crippen LogP contribution is 2.32. The third-order valence-electron chi connectivity index (χ3n) is 5.21. The number of para-hydroxylation sites is 1. The summed E-state index contributed by atoms with van der Waals surface area (Å²) in [7, 11) is 0. The van der Waals surface area contributed by atoms with Crippen molar-refractivity contribution in [1.82, 2.24) is 0 Å². The lowest BCUT2D eigenvalue weighted by Gasteiger charge is -2.28. The number of hydrogen-bond acceptors (Lipinski definition) is 6. The Morgan fingerprint density at radius 1 is 1.08 bits per heavy atom. The number of carboxylic acids is 1. The van der Waals surface area contributed by atoms with Crippen molar-refractivity contribution < 1.29 is 37.4 Å². The highest BCUT2D eigenvalue weighted by molar-refractivity contribution is 7.16. The van der Waals surface area contributed by atoms with Crippen molar-refractivity contribution in [2.45, 2.75) is 32.7 Å². The Kier molecular flexibility index (Phi) is 8.36. The van der Waals surface area contributed by atoms with E-state index in [-0.39, 0.29) is 22.7 Å². The standard InChI is InChI=1S/C25H23F3N2O5S/c1-3-19-13-20(22(32)16-9-11-18(12-10-16)35-25(26,27)28)23(36-19)29-21(31)14-30(15(2)24(33)34)17-7-5-4-6-8-17/h4-13,15H,3,14H2,1-2H3,(H,29,31)(H,33,34). The molecule has 0 saturated carbocycles. The third kappa shape index (κ3) is 6.85. The average molecular weight is 521 g/mol. The molecular weight excluding hydrogens is 497 g/mol. The van der Waals surface area contributed by atoms with Gasteiger partial charge in [0.05, 0.1) is 12.1 Å². The number of rotatable bonds is 10. The van der Waals surface area contributed by atoms with E-state index in [0.717, 1.165) is 17.0 Å². The predicted molar refractivity (Wildman–Crippen MR) is 130 cm³/mol. The first-order valence-corrected chi connectivity index (χ1v) is 11.7. The normalized spacial score (nSPS) is 12.0. The number of alkyl halides is 3. The summed E-state index contributed by atoms with van der Waals surface area (Å²) in [6, 6.07) is 13.7. The molecule has 0 bridgehead atoms. The van der Waals surface area contributed by atoms with Gasteiger partial charge in [-0.25, -0.2) is 4.79 Å². The van der Waals surface area contributed by atoms with Gasteiger partial charge in [0.2, 0.25) is 5.91 Å². The molecule has 11 heteroatoms. The van der Waals surface area contributed by atoms with E-state index in [0.29, 0.717) is 12.1 Å². The highest BCUT2D eigenvalue weighted by Gasteiger charge is 2.31. The molecule has 3 aromatic rings. The number of aryl methyl sites for hydroxylation is 1. The van der Waals surface area contributed by atoms with E-state index in [9.17, 15) is 32.7 Å². The summed E-state index contributed by atoms with van der Waals surface area (Å²) in [5, 5.41) is 12.5. The summed E-state index contributed by atoms with van der Waals surface area (Å²) in [6.45, 7) is 3.05. The number of carbonyl (C=O) groups excluding carboxylic acids is 2. The van der Waals surface area contributed by atoms with Gasteiger partial charge in [-0.3, -0.25) is 9.59 Å².